The Kier molecular flexibility index (Phi) is 3.83. The Labute approximate surface area is 89.1 Å². The number of halogens is 1. The minimum atomic E-state index is 0.211. The van der Waals surface area contributed by atoms with Crippen LogP contribution in [0.3, 0.4) is 0 Å². The first-order chi connectivity index (χ1) is 5.57. The van der Waals surface area contributed by atoms with E-state index in [0.29, 0.717) is 6.61 Å². The van der Waals surface area contributed by atoms with Gasteiger partial charge in [0.1, 0.15) is 0 Å². The highest BCUT2D eigenvalue weighted by Gasteiger charge is 2.32. The van der Waals surface area contributed by atoms with Crippen molar-refractivity contribution >= 4 is 22.6 Å². The van der Waals surface area contributed by atoms with Crippen molar-refractivity contribution in [3.63, 3.8) is 0 Å². The molecule has 0 saturated heterocycles. The van der Waals surface area contributed by atoms with Crippen LogP contribution < -0.4 is 0 Å². The number of aliphatic hydroxyl groups excluding tert-OH is 1. The zero-order valence-electron chi connectivity index (χ0n) is 8.02. The average molecular weight is 282 g/mol. The molecule has 0 bridgehead atoms. The molecule has 1 N–H and O–H groups in total. The zero-order valence-corrected chi connectivity index (χ0v) is 10.2. The van der Waals surface area contributed by atoms with Crippen molar-refractivity contribution in [2.24, 2.45) is 11.8 Å². The van der Waals surface area contributed by atoms with E-state index in [-0.39, 0.29) is 3.42 Å². The second-order valence-corrected chi connectivity index (χ2v) is 6.68. The lowest BCUT2D eigenvalue weighted by Crippen LogP contribution is -2.32. The Hall–Kier alpha value is 0.690. The maximum Gasteiger partial charge on any atom is 0.0577 e. The van der Waals surface area contributed by atoms with E-state index in [4.69, 9.17) is 5.11 Å². The van der Waals surface area contributed by atoms with Gasteiger partial charge in [-0.15, -0.1) is 0 Å². The highest BCUT2D eigenvalue weighted by molar-refractivity contribution is 14.1. The maximum atomic E-state index is 9.17. The molecule has 72 valence electrons. The van der Waals surface area contributed by atoms with E-state index in [1.807, 2.05) is 0 Å². The second kappa shape index (κ2) is 4.27. The van der Waals surface area contributed by atoms with E-state index in [2.05, 4.69) is 36.4 Å². The van der Waals surface area contributed by atoms with Gasteiger partial charge in [0, 0.05) is 3.42 Å². The van der Waals surface area contributed by atoms with Crippen LogP contribution in [0.15, 0.2) is 0 Å². The largest absolute Gasteiger partial charge is 0.395 e. The molecule has 0 aromatic carbocycles. The summed E-state index contributed by atoms with van der Waals surface area (Å²) in [5.41, 5.74) is 0. The molecule has 1 nitrogen and oxygen atoms in total. The van der Waals surface area contributed by atoms with Crippen molar-refractivity contribution in [3.8, 4) is 0 Å². The predicted octanol–water partition coefficient (Wildman–Crippen LogP) is 3.00. The first-order valence-electron chi connectivity index (χ1n) is 4.87. The number of hydrogen-bond acceptors (Lipinski definition) is 1. The summed E-state index contributed by atoms with van der Waals surface area (Å²) >= 11 is 2.44. The summed E-state index contributed by atoms with van der Waals surface area (Å²) in [6.07, 6.45) is 5.02. The Balaban J connectivity index is 2.39. The van der Waals surface area contributed by atoms with Gasteiger partial charge < -0.3 is 5.11 Å². The molecule has 0 radical (unpaired) electrons. The SMILES string of the molecule is CC(C)C1CCC(I)(CO)CC1. The van der Waals surface area contributed by atoms with Gasteiger partial charge in [-0.1, -0.05) is 36.4 Å². The van der Waals surface area contributed by atoms with Gasteiger partial charge in [-0.2, -0.15) is 0 Å². The minimum absolute atomic E-state index is 0.211. The van der Waals surface area contributed by atoms with Crippen LogP contribution in [0.4, 0.5) is 0 Å². The quantitative estimate of drug-likeness (QED) is 0.610. The molecule has 1 saturated carbocycles. The number of rotatable bonds is 2. The van der Waals surface area contributed by atoms with E-state index in [1.54, 1.807) is 0 Å². The fourth-order valence-corrected chi connectivity index (χ4v) is 2.61. The topological polar surface area (TPSA) is 20.2 Å². The molecule has 0 heterocycles. The molecule has 0 amide bonds. The molecule has 0 unspecified atom stereocenters. The summed E-state index contributed by atoms with van der Waals surface area (Å²) in [4.78, 5) is 0. The van der Waals surface area contributed by atoms with Gasteiger partial charge in [0.25, 0.3) is 0 Å². The fraction of sp³-hybridized carbons (Fsp3) is 1.00. The van der Waals surface area contributed by atoms with Crippen LogP contribution in [0, 0.1) is 11.8 Å². The number of aliphatic hydroxyl groups is 1. The third kappa shape index (κ3) is 2.59. The molecule has 0 atom stereocenters. The number of alkyl halides is 1. The number of hydrogen-bond donors (Lipinski definition) is 1. The first kappa shape index (κ1) is 10.8. The second-order valence-electron chi connectivity index (χ2n) is 4.39. The molecule has 12 heavy (non-hydrogen) atoms. The zero-order chi connectivity index (χ0) is 9.19. The van der Waals surface area contributed by atoms with E-state index in [0.717, 1.165) is 11.8 Å². The van der Waals surface area contributed by atoms with E-state index in [9.17, 15) is 0 Å². The Morgan fingerprint density at radius 1 is 1.42 bits per heavy atom. The molecule has 2 heteroatoms. The van der Waals surface area contributed by atoms with E-state index >= 15 is 0 Å². The van der Waals surface area contributed by atoms with Crippen LogP contribution in [0.5, 0.6) is 0 Å². The van der Waals surface area contributed by atoms with Gasteiger partial charge >= 0.3 is 0 Å². The predicted molar refractivity (Wildman–Crippen MR) is 60.6 cm³/mol. The summed E-state index contributed by atoms with van der Waals surface area (Å²) < 4.78 is 0.211. The molecule has 1 aliphatic rings. The van der Waals surface area contributed by atoms with E-state index in [1.165, 1.54) is 25.7 Å². The lowest BCUT2D eigenvalue weighted by molar-refractivity contribution is 0.182. The smallest absolute Gasteiger partial charge is 0.0577 e. The van der Waals surface area contributed by atoms with Crippen LogP contribution in [0.1, 0.15) is 39.5 Å². The summed E-state index contributed by atoms with van der Waals surface area (Å²) in [7, 11) is 0. The monoisotopic (exact) mass is 282 g/mol. The summed E-state index contributed by atoms with van der Waals surface area (Å²) in [6.45, 7) is 4.98. The van der Waals surface area contributed by atoms with Crippen LogP contribution in [0.25, 0.3) is 0 Å². The molecule has 1 fully saturated rings. The van der Waals surface area contributed by atoms with Crippen molar-refractivity contribution in [2.45, 2.75) is 43.0 Å². The lowest BCUT2D eigenvalue weighted by atomic mass is 9.77. The standard InChI is InChI=1S/C10H19IO/c1-8(2)9-3-5-10(11,7-12)6-4-9/h8-9,12H,3-7H2,1-2H3. The van der Waals surface area contributed by atoms with Crippen LogP contribution in [0.2, 0.25) is 0 Å². The normalized spacial score (nSPS) is 37.2. The van der Waals surface area contributed by atoms with Crippen molar-refractivity contribution in [1.29, 1.82) is 0 Å². The highest BCUT2D eigenvalue weighted by atomic mass is 127. The molecule has 0 aliphatic heterocycles. The Morgan fingerprint density at radius 2 is 1.92 bits per heavy atom. The highest BCUT2D eigenvalue weighted by Crippen LogP contribution is 2.40. The molecular formula is C10H19IO. The third-order valence-electron chi connectivity index (χ3n) is 3.15. The third-order valence-corrected chi connectivity index (χ3v) is 4.57. The van der Waals surface area contributed by atoms with Crippen molar-refractivity contribution < 1.29 is 5.11 Å². The molecular weight excluding hydrogens is 263 g/mol. The van der Waals surface area contributed by atoms with Gasteiger partial charge in [0.2, 0.25) is 0 Å². The summed E-state index contributed by atoms with van der Waals surface area (Å²) in [6, 6.07) is 0. The van der Waals surface area contributed by atoms with Gasteiger partial charge in [-0.3, -0.25) is 0 Å². The van der Waals surface area contributed by atoms with Crippen LogP contribution >= 0.6 is 22.6 Å². The fourth-order valence-electron chi connectivity index (χ4n) is 1.98. The van der Waals surface area contributed by atoms with Crippen LogP contribution in [-0.2, 0) is 0 Å². The van der Waals surface area contributed by atoms with Gasteiger partial charge in [-0.25, -0.2) is 0 Å². The molecule has 0 aromatic heterocycles. The van der Waals surface area contributed by atoms with Crippen molar-refractivity contribution in [2.75, 3.05) is 6.61 Å². The van der Waals surface area contributed by atoms with Gasteiger partial charge in [-0.05, 0) is 37.5 Å². The molecule has 1 aliphatic carbocycles. The summed E-state index contributed by atoms with van der Waals surface area (Å²) in [5, 5.41) is 9.17. The minimum Gasteiger partial charge on any atom is -0.395 e. The Morgan fingerprint density at radius 3 is 2.25 bits per heavy atom. The lowest BCUT2D eigenvalue weighted by Gasteiger charge is -2.36. The molecule has 0 spiro atoms. The maximum absolute atomic E-state index is 9.17. The van der Waals surface area contributed by atoms with Crippen molar-refractivity contribution in [3.05, 3.63) is 0 Å². The van der Waals surface area contributed by atoms with E-state index < -0.39 is 0 Å². The Bertz CT molecular complexity index is 137. The molecule has 0 aromatic rings. The van der Waals surface area contributed by atoms with Gasteiger partial charge in [0.15, 0.2) is 0 Å². The average Bonchev–Trinajstić information content (AvgIpc) is 2.05. The summed E-state index contributed by atoms with van der Waals surface area (Å²) in [5.74, 6) is 1.73. The van der Waals surface area contributed by atoms with Crippen molar-refractivity contribution in [1.82, 2.24) is 0 Å². The van der Waals surface area contributed by atoms with Gasteiger partial charge in [0.05, 0.1) is 6.61 Å². The molecule has 1 rings (SSSR count). The van der Waals surface area contributed by atoms with Crippen LogP contribution in [-0.4, -0.2) is 15.1 Å². The first-order valence-corrected chi connectivity index (χ1v) is 5.95.